The Bertz CT molecular complexity index is 423. The molecule has 0 radical (unpaired) electrons. The van der Waals surface area contributed by atoms with Crippen LogP contribution in [0.4, 0.5) is 0 Å². The third kappa shape index (κ3) is 3.16. The lowest BCUT2D eigenvalue weighted by molar-refractivity contribution is -0.129. The summed E-state index contributed by atoms with van der Waals surface area (Å²) < 4.78 is 0. The molecule has 1 aromatic carbocycles. The van der Waals surface area contributed by atoms with Crippen LogP contribution in [0.3, 0.4) is 0 Å². The average Bonchev–Trinajstić information content (AvgIpc) is 2.59. The number of amides is 1. The Labute approximate surface area is 102 Å². The first-order valence-corrected chi connectivity index (χ1v) is 6.06. The molecule has 1 amide bonds. The Morgan fingerprint density at radius 2 is 2.00 bits per heavy atom. The van der Waals surface area contributed by atoms with E-state index in [1.165, 1.54) is 0 Å². The minimum Gasteiger partial charge on any atom is -0.273 e. The summed E-state index contributed by atoms with van der Waals surface area (Å²) in [6.07, 6.45) is 1.40. The number of benzene rings is 1. The third-order valence-electron chi connectivity index (χ3n) is 2.72. The first kappa shape index (κ1) is 11.8. The van der Waals surface area contributed by atoms with Crippen molar-refractivity contribution in [3.8, 4) is 0 Å². The zero-order valence-electron chi connectivity index (χ0n) is 10.4. The molecule has 0 aromatic heterocycles. The zero-order chi connectivity index (χ0) is 12.3. The van der Waals surface area contributed by atoms with E-state index in [-0.39, 0.29) is 5.91 Å². The van der Waals surface area contributed by atoms with Gasteiger partial charge in [-0.25, -0.2) is 5.01 Å². The van der Waals surface area contributed by atoms with Crippen molar-refractivity contribution >= 4 is 11.6 Å². The standard InChI is InChI=1S/C14H18N2O/c1-11(2)8-13-9-14(17)16(15-13)10-12-6-4-3-5-7-12/h3-7,11H,8-10H2,1-2H3. The molecule has 2 rings (SSSR count). The van der Waals surface area contributed by atoms with Crippen LogP contribution in [0.15, 0.2) is 35.4 Å². The molecule has 0 saturated carbocycles. The summed E-state index contributed by atoms with van der Waals surface area (Å²) in [6.45, 7) is 4.88. The molecular weight excluding hydrogens is 212 g/mol. The van der Waals surface area contributed by atoms with E-state index in [1.807, 2.05) is 30.3 Å². The predicted molar refractivity (Wildman–Crippen MR) is 68.5 cm³/mol. The van der Waals surface area contributed by atoms with Gasteiger partial charge in [0.1, 0.15) is 0 Å². The van der Waals surface area contributed by atoms with Crippen LogP contribution in [0.25, 0.3) is 0 Å². The number of rotatable bonds is 4. The lowest BCUT2D eigenvalue weighted by Gasteiger charge is -2.11. The van der Waals surface area contributed by atoms with Crippen LogP contribution in [-0.4, -0.2) is 16.6 Å². The predicted octanol–water partition coefficient (Wildman–Crippen LogP) is 2.82. The summed E-state index contributed by atoms with van der Waals surface area (Å²) in [5.74, 6) is 0.669. The van der Waals surface area contributed by atoms with E-state index in [2.05, 4.69) is 18.9 Å². The fourth-order valence-electron chi connectivity index (χ4n) is 1.99. The second kappa shape index (κ2) is 5.13. The summed E-state index contributed by atoms with van der Waals surface area (Å²) in [4.78, 5) is 11.8. The molecule has 1 aliphatic rings. The van der Waals surface area contributed by atoms with E-state index in [9.17, 15) is 4.79 Å². The van der Waals surface area contributed by atoms with E-state index >= 15 is 0 Å². The fraction of sp³-hybridized carbons (Fsp3) is 0.429. The first-order chi connectivity index (χ1) is 8.15. The van der Waals surface area contributed by atoms with Crippen molar-refractivity contribution in [1.82, 2.24) is 5.01 Å². The Morgan fingerprint density at radius 3 is 2.65 bits per heavy atom. The summed E-state index contributed by atoms with van der Waals surface area (Å²) in [6, 6.07) is 9.97. The Kier molecular flexibility index (Phi) is 3.57. The highest BCUT2D eigenvalue weighted by atomic mass is 16.2. The van der Waals surface area contributed by atoms with Gasteiger partial charge in [-0.1, -0.05) is 44.2 Å². The van der Waals surface area contributed by atoms with Gasteiger partial charge < -0.3 is 0 Å². The maximum absolute atomic E-state index is 11.8. The van der Waals surface area contributed by atoms with Gasteiger partial charge in [-0.3, -0.25) is 4.79 Å². The first-order valence-electron chi connectivity index (χ1n) is 6.06. The van der Waals surface area contributed by atoms with E-state index in [0.29, 0.717) is 18.9 Å². The van der Waals surface area contributed by atoms with Crippen molar-refractivity contribution in [2.75, 3.05) is 0 Å². The van der Waals surface area contributed by atoms with Gasteiger partial charge in [0, 0.05) is 5.71 Å². The van der Waals surface area contributed by atoms with Gasteiger partial charge in [0.2, 0.25) is 5.91 Å². The summed E-state index contributed by atoms with van der Waals surface area (Å²) in [7, 11) is 0. The Hall–Kier alpha value is -1.64. The quantitative estimate of drug-likeness (QED) is 0.782. The summed E-state index contributed by atoms with van der Waals surface area (Å²) >= 11 is 0. The van der Waals surface area contributed by atoms with Crippen molar-refractivity contribution < 1.29 is 4.79 Å². The normalized spacial score (nSPS) is 15.6. The van der Waals surface area contributed by atoms with E-state index in [1.54, 1.807) is 5.01 Å². The van der Waals surface area contributed by atoms with E-state index in [0.717, 1.165) is 17.7 Å². The lowest BCUT2D eigenvalue weighted by Crippen LogP contribution is -2.19. The van der Waals surface area contributed by atoms with Gasteiger partial charge in [-0.05, 0) is 17.9 Å². The van der Waals surface area contributed by atoms with Gasteiger partial charge in [-0.2, -0.15) is 5.10 Å². The molecule has 3 heteroatoms. The molecule has 17 heavy (non-hydrogen) atoms. The van der Waals surface area contributed by atoms with Crippen molar-refractivity contribution in [2.45, 2.75) is 33.2 Å². The maximum Gasteiger partial charge on any atom is 0.248 e. The van der Waals surface area contributed by atoms with Crippen molar-refractivity contribution in [3.05, 3.63) is 35.9 Å². The van der Waals surface area contributed by atoms with Crippen molar-refractivity contribution in [3.63, 3.8) is 0 Å². The molecule has 0 atom stereocenters. The Balaban J connectivity index is 2.02. The molecule has 0 N–H and O–H groups in total. The monoisotopic (exact) mass is 230 g/mol. The highest BCUT2D eigenvalue weighted by Crippen LogP contribution is 2.17. The van der Waals surface area contributed by atoms with E-state index in [4.69, 9.17) is 0 Å². The summed E-state index contributed by atoms with van der Waals surface area (Å²) in [5, 5.41) is 6.00. The average molecular weight is 230 g/mol. The Morgan fingerprint density at radius 1 is 1.29 bits per heavy atom. The summed E-state index contributed by atoms with van der Waals surface area (Å²) in [5.41, 5.74) is 2.14. The lowest BCUT2D eigenvalue weighted by atomic mass is 10.1. The molecule has 0 unspecified atom stereocenters. The molecule has 0 saturated heterocycles. The van der Waals surface area contributed by atoms with Crippen LogP contribution in [0.2, 0.25) is 0 Å². The maximum atomic E-state index is 11.8. The largest absolute Gasteiger partial charge is 0.273 e. The van der Waals surface area contributed by atoms with Gasteiger partial charge in [-0.15, -0.1) is 0 Å². The number of hydrazone groups is 1. The van der Waals surface area contributed by atoms with Gasteiger partial charge in [0.05, 0.1) is 13.0 Å². The van der Waals surface area contributed by atoms with Crippen LogP contribution in [0, 0.1) is 5.92 Å². The molecule has 0 bridgehead atoms. The van der Waals surface area contributed by atoms with E-state index < -0.39 is 0 Å². The van der Waals surface area contributed by atoms with Gasteiger partial charge in [0.25, 0.3) is 0 Å². The molecule has 1 heterocycles. The van der Waals surface area contributed by atoms with Crippen LogP contribution in [0.5, 0.6) is 0 Å². The molecule has 0 fully saturated rings. The second-order valence-corrected chi connectivity index (χ2v) is 4.88. The fourth-order valence-corrected chi connectivity index (χ4v) is 1.99. The molecule has 1 aliphatic heterocycles. The van der Waals surface area contributed by atoms with Crippen LogP contribution in [-0.2, 0) is 11.3 Å². The third-order valence-corrected chi connectivity index (χ3v) is 2.72. The molecule has 90 valence electrons. The number of hydrogen-bond donors (Lipinski definition) is 0. The second-order valence-electron chi connectivity index (χ2n) is 4.88. The topological polar surface area (TPSA) is 32.7 Å². The number of carbonyl (C=O) groups excluding carboxylic acids is 1. The van der Waals surface area contributed by atoms with Gasteiger partial charge >= 0.3 is 0 Å². The minimum atomic E-state index is 0.115. The number of nitrogens with zero attached hydrogens (tertiary/aromatic N) is 2. The van der Waals surface area contributed by atoms with Crippen molar-refractivity contribution in [1.29, 1.82) is 0 Å². The molecule has 3 nitrogen and oxygen atoms in total. The number of carbonyl (C=O) groups is 1. The highest BCUT2D eigenvalue weighted by Gasteiger charge is 2.23. The smallest absolute Gasteiger partial charge is 0.248 e. The molecule has 0 aliphatic carbocycles. The number of hydrogen-bond acceptors (Lipinski definition) is 2. The van der Waals surface area contributed by atoms with Gasteiger partial charge in [0.15, 0.2) is 0 Å². The zero-order valence-corrected chi connectivity index (χ0v) is 10.4. The van der Waals surface area contributed by atoms with Crippen LogP contribution < -0.4 is 0 Å². The SMILES string of the molecule is CC(C)CC1=NN(Cc2ccccc2)C(=O)C1. The molecule has 0 spiro atoms. The molecule has 1 aromatic rings. The van der Waals surface area contributed by atoms with Crippen LogP contribution in [0.1, 0.15) is 32.3 Å². The molecular formula is C14H18N2O. The minimum absolute atomic E-state index is 0.115. The highest BCUT2D eigenvalue weighted by molar-refractivity contribution is 6.04. The van der Waals surface area contributed by atoms with Crippen molar-refractivity contribution in [2.24, 2.45) is 11.0 Å². The van der Waals surface area contributed by atoms with Crippen LogP contribution >= 0.6 is 0 Å².